The van der Waals surface area contributed by atoms with Gasteiger partial charge in [-0.25, -0.2) is 14.8 Å². The molecule has 0 aliphatic heterocycles. The average Bonchev–Trinajstić information content (AvgIpc) is 2.34. The van der Waals surface area contributed by atoms with Crippen LogP contribution in [0.2, 0.25) is 0 Å². The molecule has 1 aromatic rings. The lowest BCUT2D eigenvalue weighted by molar-refractivity contribution is -0.142. The van der Waals surface area contributed by atoms with Crippen molar-refractivity contribution in [3.8, 4) is 0 Å². The summed E-state index contributed by atoms with van der Waals surface area (Å²) < 4.78 is 0. The van der Waals surface area contributed by atoms with Crippen LogP contribution in [-0.4, -0.2) is 44.9 Å². The molecule has 98 valence electrons. The normalized spacial score (nSPS) is 12.2. The first-order valence-electron chi connectivity index (χ1n) is 5.69. The SMILES string of the molecule is CC(C)CC(C(=O)O)N(C)C(=O)c1ccncn1. The summed E-state index contributed by atoms with van der Waals surface area (Å²) in [6, 6.07) is 0.625. The molecule has 1 heterocycles. The first-order valence-corrected chi connectivity index (χ1v) is 5.69. The van der Waals surface area contributed by atoms with Crippen molar-refractivity contribution in [2.24, 2.45) is 5.92 Å². The van der Waals surface area contributed by atoms with Crippen LogP contribution in [0, 0.1) is 5.92 Å². The van der Waals surface area contributed by atoms with Crippen molar-refractivity contribution in [1.82, 2.24) is 14.9 Å². The Labute approximate surface area is 106 Å². The molecule has 0 saturated carbocycles. The maximum absolute atomic E-state index is 12.0. The molecule has 1 rings (SSSR count). The summed E-state index contributed by atoms with van der Waals surface area (Å²) in [5, 5.41) is 9.16. The maximum atomic E-state index is 12.0. The Balaban J connectivity index is 2.86. The maximum Gasteiger partial charge on any atom is 0.326 e. The van der Waals surface area contributed by atoms with Gasteiger partial charge in [0.15, 0.2) is 0 Å². The van der Waals surface area contributed by atoms with E-state index in [1.807, 2.05) is 13.8 Å². The number of rotatable bonds is 5. The molecule has 18 heavy (non-hydrogen) atoms. The zero-order chi connectivity index (χ0) is 13.7. The third-order valence-corrected chi connectivity index (χ3v) is 2.57. The summed E-state index contributed by atoms with van der Waals surface area (Å²) in [7, 11) is 1.48. The molecule has 0 aliphatic carbocycles. The summed E-state index contributed by atoms with van der Waals surface area (Å²) in [6.07, 6.45) is 3.12. The highest BCUT2D eigenvalue weighted by atomic mass is 16.4. The molecule has 1 aromatic heterocycles. The van der Waals surface area contributed by atoms with E-state index in [9.17, 15) is 9.59 Å². The van der Waals surface area contributed by atoms with Crippen LogP contribution in [-0.2, 0) is 4.79 Å². The minimum absolute atomic E-state index is 0.187. The quantitative estimate of drug-likeness (QED) is 0.845. The predicted octanol–water partition coefficient (Wildman–Crippen LogP) is 1.05. The van der Waals surface area contributed by atoms with Crippen LogP contribution < -0.4 is 0 Å². The minimum Gasteiger partial charge on any atom is -0.480 e. The minimum atomic E-state index is -1.01. The zero-order valence-electron chi connectivity index (χ0n) is 10.7. The largest absolute Gasteiger partial charge is 0.480 e. The molecule has 0 bridgehead atoms. The van der Waals surface area contributed by atoms with E-state index < -0.39 is 17.9 Å². The van der Waals surface area contributed by atoms with E-state index in [-0.39, 0.29) is 11.6 Å². The van der Waals surface area contributed by atoms with Gasteiger partial charge < -0.3 is 10.0 Å². The van der Waals surface area contributed by atoms with Crippen LogP contribution in [0.25, 0.3) is 0 Å². The first kappa shape index (κ1) is 14.1. The standard InChI is InChI=1S/C12H17N3O3/c1-8(2)6-10(12(17)18)15(3)11(16)9-4-5-13-7-14-9/h4-5,7-8,10H,6H2,1-3H3,(H,17,18). The number of nitrogens with zero attached hydrogens (tertiary/aromatic N) is 3. The van der Waals surface area contributed by atoms with E-state index in [1.165, 1.54) is 30.5 Å². The Morgan fingerprint density at radius 1 is 1.44 bits per heavy atom. The Bertz CT molecular complexity index is 420. The molecule has 0 saturated heterocycles. The highest BCUT2D eigenvalue weighted by Crippen LogP contribution is 2.12. The molecule has 6 heteroatoms. The van der Waals surface area contributed by atoms with Gasteiger partial charge in [-0.1, -0.05) is 13.8 Å². The summed E-state index contributed by atoms with van der Waals surface area (Å²) in [5.74, 6) is -1.23. The average molecular weight is 251 g/mol. The van der Waals surface area contributed by atoms with E-state index in [4.69, 9.17) is 5.11 Å². The second-order valence-corrected chi connectivity index (χ2v) is 4.49. The highest BCUT2D eigenvalue weighted by Gasteiger charge is 2.28. The fraction of sp³-hybridized carbons (Fsp3) is 0.500. The van der Waals surface area contributed by atoms with Gasteiger partial charge in [0.05, 0.1) is 0 Å². The van der Waals surface area contributed by atoms with Crippen molar-refractivity contribution >= 4 is 11.9 Å². The van der Waals surface area contributed by atoms with Crippen molar-refractivity contribution in [3.05, 3.63) is 24.3 Å². The summed E-state index contributed by atoms with van der Waals surface area (Å²) in [5.41, 5.74) is 0.197. The third-order valence-electron chi connectivity index (χ3n) is 2.57. The molecule has 0 radical (unpaired) electrons. The van der Waals surface area contributed by atoms with Gasteiger partial charge in [-0.15, -0.1) is 0 Å². The van der Waals surface area contributed by atoms with E-state index in [1.54, 1.807) is 0 Å². The summed E-state index contributed by atoms with van der Waals surface area (Å²) in [4.78, 5) is 32.0. The predicted molar refractivity (Wildman–Crippen MR) is 65.0 cm³/mol. The monoisotopic (exact) mass is 251 g/mol. The molecule has 0 aliphatic rings. The molecule has 1 amide bonds. The molecule has 1 N–H and O–H groups in total. The second kappa shape index (κ2) is 6.09. The van der Waals surface area contributed by atoms with Crippen LogP contribution >= 0.6 is 0 Å². The number of hydrogen-bond donors (Lipinski definition) is 1. The Morgan fingerprint density at radius 2 is 2.11 bits per heavy atom. The van der Waals surface area contributed by atoms with Crippen LogP contribution in [0.1, 0.15) is 30.8 Å². The van der Waals surface area contributed by atoms with Gasteiger partial charge in [-0.05, 0) is 18.4 Å². The lowest BCUT2D eigenvalue weighted by Crippen LogP contribution is -2.43. The summed E-state index contributed by atoms with van der Waals surface area (Å²) in [6.45, 7) is 3.83. The fourth-order valence-electron chi connectivity index (χ4n) is 1.61. The number of carboxylic acid groups (broad SMARTS) is 1. The van der Waals surface area contributed by atoms with Crippen LogP contribution in [0.3, 0.4) is 0 Å². The molecule has 0 aromatic carbocycles. The number of aliphatic carboxylic acids is 1. The van der Waals surface area contributed by atoms with Gasteiger partial charge in [-0.2, -0.15) is 0 Å². The summed E-state index contributed by atoms with van der Waals surface area (Å²) >= 11 is 0. The van der Waals surface area contributed by atoms with Crippen LogP contribution in [0.15, 0.2) is 18.6 Å². The number of aromatic nitrogens is 2. The van der Waals surface area contributed by atoms with Crippen molar-refractivity contribution in [2.45, 2.75) is 26.3 Å². The smallest absolute Gasteiger partial charge is 0.326 e. The van der Waals surface area contributed by atoms with E-state index >= 15 is 0 Å². The Morgan fingerprint density at radius 3 is 2.56 bits per heavy atom. The van der Waals surface area contributed by atoms with E-state index in [0.29, 0.717) is 6.42 Å². The molecule has 6 nitrogen and oxygen atoms in total. The van der Waals surface area contributed by atoms with E-state index in [0.717, 1.165) is 0 Å². The number of amides is 1. The molecular weight excluding hydrogens is 234 g/mol. The second-order valence-electron chi connectivity index (χ2n) is 4.49. The van der Waals surface area contributed by atoms with Gasteiger partial charge in [0.2, 0.25) is 0 Å². The highest BCUT2D eigenvalue weighted by molar-refractivity contribution is 5.94. The molecule has 1 unspecified atom stereocenters. The van der Waals surface area contributed by atoms with Crippen molar-refractivity contribution in [3.63, 3.8) is 0 Å². The topological polar surface area (TPSA) is 83.4 Å². The fourth-order valence-corrected chi connectivity index (χ4v) is 1.61. The van der Waals surface area contributed by atoms with Crippen LogP contribution in [0.4, 0.5) is 0 Å². The number of carboxylic acids is 1. The van der Waals surface area contributed by atoms with E-state index in [2.05, 4.69) is 9.97 Å². The first-order chi connectivity index (χ1) is 8.43. The lowest BCUT2D eigenvalue weighted by Gasteiger charge is -2.25. The van der Waals surface area contributed by atoms with Crippen LogP contribution in [0.5, 0.6) is 0 Å². The van der Waals surface area contributed by atoms with Crippen molar-refractivity contribution in [2.75, 3.05) is 7.05 Å². The molecule has 1 atom stereocenters. The van der Waals surface area contributed by atoms with Crippen molar-refractivity contribution < 1.29 is 14.7 Å². The zero-order valence-corrected chi connectivity index (χ0v) is 10.7. The lowest BCUT2D eigenvalue weighted by atomic mass is 10.0. The number of carbonyl (C=O) groups excluding carboxylic acids is 1. The number of hydrogen-bond acceptors (Lipinski definition) is 4. The van der Waals surface area contributed by atoms with Gasteiger partial charge in [0.25, 0.3) is 5.91 Å². The third kappa shape index (κ3) is 3.51. The molecule has 0 spiro atoms. The number of likely N-dealkylation sites (N-methyl/N-ethyl adjacent to an activating group) is 1. The van der Waals surface area contributed by atoms with Gasteiger partial charge in [0.1, 0.15) is 18.1 Å². The van der Waals surface area contributed by atoms with Gasteiger partial charge >= 0.3 is 5.97 Å². The molecular formula is C12H17N3O3. The Kier molecular flexibility index (Phi) is 4.76. The number of carbonyl (C=O) groups is 2. The van der Waals surface area contributed by atoms with Crippen molar-refractivity contribution in [1.29, 1.82) is 0 Å². The molecule has 0 fully saturated rings. The van der Waals surface area contributed by atoms with Gasteiger partial charge in [0, 0.05) is 13.2 Å². The Hall–Kier alpha value is -1.98. The van der Waals surface area contributed by atoms with Gasteiger partial charge in [-0.3, -0.25) is 4.79 Å².